The highest BCUT2D eigenvalue weighted by atomic mass is 16.5. The van der Waals surface area contributed by atoms with Gasteiger partial charge in [-0.05, 0) is 44.0 Å². The number of nitrogens with one attached hydrogen (secondary N) is 2. The molecule has 0 aliphatic carbocycles. The zero-order chi connectivity index (χ0) is 14.5. The number of hydrogen-bond donors (Lipinski definition) is 2. The van der Waals surface area contributed by atoms with Gasteiger partial charge in [-0.25, -0.2) is 0 Å². The van der Waals surface area contributed by atoms with E-state index in [0.717, 1.165) is 24.9 Å². The molecular formula is C15H22N2O3. The Morgan fingerprint density at radius 1 is 1.35 bits per heavy atom. The number of amides is 1. The Balaban J connectivity index is 2.04. The maximum atomic E-state index is 12.1. The first-order chi connectivity index (χ1) is 9.65. The number of carbonyl (C=O) groups excluding carboxylic acids is 1. The standard InChI is InChI=1S/C15H22N2O3/c1-10(17-15(18)12-5-4-8-16-12)11-6-7-13(19-2)14(9-11)20-3/h6-7,9-10,12,16H,4-5,8H2,1-3H3,(H,17,18)/t10?,12-/m0/s1. The third kappa shape index (κ3) is 3.22. The maximum absolute atomic E-state index is 12.1. The quantitative estimate of drug-likeness (QED) is 0.859. The molecule has 5 heteroatoms. The average molecular weight is 278 g/mol. The summed E-state index contributed by atoms with van der Waals surface area (Å²) in [7, 11) is 3.21. The molecule has 2 N–H and O–H groups in total. The molecule has 5 nitrogen and oxygen atoms in total. The van der Waals surface area contributed by atoms with E-state index in [1.807, 2.05) is 25.1 Å². The van der Waals surface area contributed by atoms with Crippen LogP contribution in [0.2, 0.25) is 0 Å². The monoisotopic (exact) mass is 278 g/mol. The molecule has 1 unspecified atom stereocenters. The van der Waals surface area contributed by atoms with Crippen molar-refractivity contribution in [1.82, 2.24) is 10.6 Å². The normalized spacial score (nSPS) is 19.4. The minimum absolute atomic E-state index is 0.0578. The molecule has 1 heterocycles. The molecule has 1 aromatic rings. The van der Waals surface area contributed by atoms with Gasteiger partial charge in [-0.3, -0.25) is 4.79 Å². The number of carbonyl (C=O) groups is 1. The lowest BCUT2D eigenvalue weighted by Crippen LogP contribution is -2.41. The van der Waals surface area contributed by atoms with Gasteiger partial charge < -0.3 is 20.1 Å². The van der Waals surface area contributed by atoms with Crippen LogP contribution < -0.4 is 20.1 Å². The van der Waals surface area contributed by atoms with Crippen LogP contribution in [-0.4, -0.2) is 32.7 Å². The molecule has 1 aliphatic heterocycles. The molecule has 0 radical (unpaired) electrons. The Morgan fingerprint density at radius 2 is 2.10 bits per heavy atom. The van der Waals surface area contributed by atoms with Crippen LogP contribution in [0.1, 0.15) is 31.4 Å². The van der Waals surface area contributed by atoms with E-state index in [2.05, 4.69) is 10.6 Å². The van der Waals surface area contributed by atoms with Gasteiger partial charge in [-0.1, -0.05) is 6.07 Å². The Kier molecular flexibility index (Phi) is 4.84. The summed E-state index contributed by atoms with van der Waals surface area (Å²) in [5.41, 5.74) is 0.994. The summed E-state index contributed by atoms with van der Waals surface area (Å²) in [5.74, 6) is 1.42. The number of benzene rings is 1. The average Bonchev–Trinajstić information content (AvgIpc) is 3.00. The summed E-state index contributed by atoms with van der Waals surface area (Å²) < 4.78 is 10.5. The second-order valence-corrected chi connectivity index (χ2v) is 4.99. The van der Waals surface area contributed by atoms with Crippen LogP contribution in [0.3, 0.4) is 0 Å². The SMILES string of the molecule is COc1ccc(C(C)NC(=O)[C@@H]2CCCN2)cc1OC. The first-order valence-electron chi connectivity index (χ1n) is 6.91. The summed E-state index contributed by atoms with van der Waals surface area (Å²) in [6.45, 7) is 2.89. The second-order valence-electron chi connectivity index (χ2n) is 4.99. The van der Waals surface area contributed by atoms with Crippen molar-refractivity contribution in [2.45, 2.75) is 31.8 Å². The van der Waals surface area contributed by atoms with Gasteiger partial charge in [0.25, 0.3) is 0 Å². The molecule has 1 aromatic carbocycles. The topological polar surface area (TPSA) is 59.6 Å². The third-order valence-corrected chi connectivity index (χ3v) is 3.64. The Labute approximate surface area is 119 Å². The van der Waals surface area contributed by atoms with Crippen LogP contribution in [0.15, 0.2) is 18.2 Å². The van der Waals surface area contributed by atoms with Crippen molar-refractivity contribution in [3.63, 3.8) is 0 Å². The van der Waals surface area contributed by atoms with Gasteiger partial charge >= 0.3 is 0 Å². The van der Waals surface area contributed by atoms with Crippen LogP contribution in [0.5, 0.6) is 11.5 Å². The predicted octanol–water partition coefficient (Wildman–Crippen LogP) is 1.63. The van der Waals surface area contributed by atoms with Gasteiger partial charge in [0.05, 0.1) is 26.3 Å². The first kappa shape index (κ1) is 14.7. The van der Waals surface area contributed by atoms with Crippen molar-refractivity contribution < 1.29 is 14.3 Å². The zero-order valence-corrected chi connectivity index (χ0v) is 12.2. The predicted molar refractivity (Wildman–Crippen MR) is 77.1 cm³/mol. The number of hydrogen-bond acceptors (Lipinski definition) is 4. The first-order valence-corrected chi connectivity index (χ1v) is 6.91. The van der Waals surface area contributed by atoms with Gasteiger partial charge in [0, 0.05) is 0 Å². The summed E-state index contributed by atoms with van der Waals surface area (Å²) >= 11 is 0. The van der Waals surface area contributed by atoms with Crippen molar-refractivity contribution in [3.8, 4) is 11.5 Å². The Bertz CT molecular complexity index is 470. The molecule has 20 heavy (non-hydrogen) atoms. The maximum Gasteiger partial charge on any atom is 0.237 e. The summed E-state index contributed by atoms with van der Waals surface area (Å²) in [6, 6.07) is 5.56. The van der Waals surface area contributed by atoms with Crippen molar-refractivity contribution >= 4 is 5.91 Å². The van der Waals surface area contributed by atoms with Crippen molar-refractivity contribution in [2.75, 3.05) is 20.8 Å². The van der Waals surface area contributed by atoms with E-state index in [-0.39, 0.29) is 18.0 Å². The molecule has 2 atom stereocenters. The lowest BCUT2D eigenvalue weighted by atomic mass is 10.1. The molecule has 1 amide bonds. The zero-order valence-electron chi connectivity index (χ0n) is 12.2. The highest BCUT2D eigenvalue weighted by Crippen LogP contribution is 2.29. The second kappa shape index (κ2) is 6.61. The van der Waals surface area contributed by atoms with E-state index in [1.54, 1.807) is 14.2 Å². The summed E-state index contributed by atoms with van der Waals surface area (Å²) in [5, 5.41) is 6.23. The van der Waals surface area contributed by atoms with E-state index in [1.165, 1.54) is 0 Å². The van der Waals surface area contributed by atoms with Crippen molar-refractivity contribution in [3.05, 3.63) is 23.8 Å². The van der Waals surface area contributed by atoms with Crippen LogP contribution in [0, 0.1) is 0 Å². The molecule has 2 rings (SSSR count). The minimum atomic E-state index is -0.0651. The van der Waals surface area contributed by atoms with Gasteiger partial charge in [0.2, 0.25) is 5.91 Å². The fraction of sp³-hybridized carbons (Fsp3) is 0.533. The summed E-state index contributed by atoms with van der Waals surface area (Å²) in [4.78, 5) is 12.1. The molecule has 1 fully saturated rings. The lowest BCUT2D eigenvalue weighted by Gasteiger charge is -2.19. The van der Waals surface area contributed by atoms with E-state index < -0.39 is 0 Å². The van der Waals surface area contributed by atoms with E-state index >= 15 is 0 Å². The van der Waals surface area contributed by atoms with E-state index in [0.29, 0.717) is 11.5 Å². The van der Waals surface area contributed by atoms with Gasteiger partial charge in [0.1, 0.15) is 0 Å². The lowest BCUT2D eigenvalue weighted by molar-refractivity contribution is -0.123. The fourth-order valence-electron chi connectivity index (χ4n) is 2.43. The molecule has 0 saturated carbocycles. The molecule has 0 bridgehead atoms. The van der Waals surface area contributed by atoms with Crippen LogP contribution >= 0.6 is 0 Å². The van der Waals surface area contributed by atoms with Crippen LogP contribution in [0.4, 0.5) is 0 Å². The third-order valence-electron chi connectivity index (χ3n) is 3.64. The molecule has 0 spiro atoms. The van der Waals surface area contributed by atoms with Crippen molar-refractivity contribution in [2.24, 2.45) is 0 Å². The highest BCUT2D eigenvalue weighted by molar-refractivity contribution is 5.82. The number of methoxy groups -OCH3 is 2. The molecule has 1 saturated heterocycles. The summed E-state index contributed by atoms with van der Waals surface area (Å²) in [6.07, 6.45) is 1.97. The molecule has 0 aromatic heterocycles. The molecule has 110 valence electrons. The molecular weight excluding hydrogens is 256 g/mol. The van der Waals surface area contributed by atoms with Crippen LogP contribution in [0.25, 0.3) is 0 Å². The van der Waals surface area contributed by atoms with Gasteiger partial charge in [0.15, 0.2) is 11.5 Å². The largest absolute Gasteiger partial charge is 0.493 e. The van der Waals surface area contributed by atoms with E-state index in [4.69, 9.17) is 9.47 Å². The minimum Gasteiger partial charge on any atom is -0.493 e. The number of ether oxygens (including phenoxy) is 2. The molecule has 1 aliphatic rings. The van der Waals surface area contributed by atoms with Gasteiger partial charge in [-0.15, -0.1) is 0 Å². The van der Waals surface area contributed by atoms with E-state index in [9.17, 15) is 4.79 Å². The van der Waals surface area contributed by atoms with Gasteiger partial charge in [-0.2, -0.15) is 0 Å². The van der Waals surface area contributed by atoms with Crippen molar-refractivity contribution in [1.29, 1.82) is 0 Å². The Hall–Kier alpha value is -1.75. The Morgan fingerprint density at radius 3 is 2.70 bits per heavy atom. The highest BCUT2D eigenvalue weighted by Gasteiger charge is 2.23. The number of rotatable bonds is 5. The van der Waals surface area contributed by atoms with Crippen LogP contribution in [-0.2, 0) is 4.79 Å². The smallest absolute Gasteiger partial charge is 0.237 e. The fourth-order valence-corrected chi connectivity index (χ4v) is 2.43.